The molecule has 20 heavy (non-hydrogen) atoms. The highest BCUT2D eigenvalue weighted by molar-refractivity contribution is 5.21. The predicted octanol–water partition coefficient (Wildman–Crippen LogP) is 3.35. The number of halogens is 3. The van der Waals surface area contributed by atoms with E-state index in [2.05, 4.69) is 10.3 Å². The van der Waals surface area contributed by atoms with Crippen LogP contribution in [0.1, 0.15) is 23.7 Å². The van der Waals surface area contributed by atoms with Gasteiger partial charge in [-0.3, -0.25) is 4.98 Å². The lowest BCUT2D eigenvalue weighted by Crippen LogP contribution is -2.16. The van der Waals surface area contributed by atoms with Crippen LogP contribution in [0.15, 0.2) is 30.5 Å². The van der Waals surface area contributed by atoms with E-state index in [1.165, 1.54) is 0 Å². The number of aromatic nitrogens is 1. The van der Waals surface area contributed by atoms with Crippen LogP contribution in [0.3, 0.4) is 0 Å². The Labute approximate surface area is 115 Å². The fraction of sp³-hybridized carbons (Fsp3) is 0.267. The van der Waals surface area contributed by atoms with E-state index >= 15 is 0 Å². The van der Waals surface area contributed by atoms with Crippen molar-refractivity contribution in [2.45, 2.75) is 26.4 Å². The summed E-state index contributed by atoms with van der Waals surface area (Å²) in [4.78, 5) is 4.24. The van der Waals surface area contributed by atoms with E-state index < -0.39 is 17.5 Å². The van der Waals surface area contributed by atoms with Gasteiger partial charge in [0.2, 0.25) is 0 Å². The zero-order valence-electron chi connectivity index (χ0n) is 11.1. The molecule has 0 spiro atoms. The Kier molecular flexibility index (Phi) is 4.74. The molecule has 0 saturated heterocycles. The van der Waals surface area contributed by atoms with Gasteiger partial charge in [0.15, 0.2) is 11.6 Å². The van der Waals surface area contributed by atoms with Crippen molar-refractivity contribution in [2.75, 3.05) is 0 Å². The molecular weight excluding hydrogens is 265 g/mol. The smallest absolute Gasteiger partial charge is 0.161 e. The van der Waals surface area contributed by atoms with Crippen LogP contribution >= 0.6 is 0 Å². The van der Waals surface area contributed by atoms with Gasteiger partial charge in [-0.25, -0.2) is 13.2 Å². The maximum absolute atomic E-state index is 13.4. The third-order valence-electron chi connectivity index (χ3n) is 3.06. The van der Waals surface area contributed by atoms with E-state index in [1.807, 2.05) is 19.1 Å². The lowest BCUT2D eigenvalue weighted by atomic mass is 10.1. The van der Waals surface area contributed by atoms with Gasteiger partial charge in [0.25, 0.3) is 0 Å². The molecule has 1 N–H and O–H groups in total. The highest BCUT2D eigenvalue weighted by Crippen LogP contribution is 2.14. The highest BCUT2D eigenvalue weighted by Gasteiger charge is 2.09. The molecule has 0 bridgehead atoms. The van der Waals surface area contributed by atoms with Crippen LogP contribution in [0, 0.1) is 17.5 Å². The molecule has 1 aromatic carbocycles. The Bertz CT molecular complexity index is 600. The van der Waals surface area contributed by atoms with Crippen LogP contribution in [-0.4, -0.2) is 4.98 Å². The summed E-state index contributed by atoms with van der Waals surface area (Å²) in [5.74, 6) is -2.98. The standard InChI is InChI=1S/C15H15F3N2/c1-2-10-4-3-5-20-15(10)9-19-8-11-6-13(17)14(18)7-12(11)16/h3-7,19H,2,8-9H2,1H3. The van der Waals surface area contributed by atoms with Crippen LogP contribution in [0.5, 0.6) is 0 Å². The van der Waals surface area contributed by atoms with Crippen molar-refractivity contribution in [3.05, 3.63) is 64.7 Å². The predicted molar refractivity (Wildman–Crippen MR) is 70.5 cm³/mol. The fourth-order valence-electron chi connectivity index (χ4n) is 1.97. The van der Waals surface area contributed by atoms with Crippen molar-refractivity contribution in [3.63, 3.8) is 0 Å². The van der Waals surface area contributed by atoms with E-state index in [0.717, 1.165) is 23.7 Å². The number of hydrogen-bond acceptors (Lipinski definition) is 2. The van der Waals surface area contributed by atoms with Gasteiger partial charge in [0.1, 0.15) is 5.82 Å². The van der Waals surface area contributed by atoms with Gasteiger partial charge in [-0.2, -0.15) is 0 Å². The summed E-state index contributed by atoms with van der Waals surface area (Å²) in [7, 11) is 0. The molecule has 0 aliphatic rings. The molecule has 2 aromatic rings. The summed E-state index contributed by atoms with van der Waals surface area (Å²) in [5, 5.41) is 2.99. The Morgan fingerprint density at radius 1 is 1.00 bits per heavy atom. The minimum atomic E-state index is -1.18. The van der Waals surface area contributed by atoms with Crippen LogP contribution in [0.25, 0.3) is 0 Å². The summed E-state index contributed by atoms with van der Waals surface area (Å²) in [6, 6.07) is 5.26. The second kappa shape index (κ2) is 6.52. The van der Waals surface area contributed by atoms with E-state index in [1.54, 1.807) is 6.20 Å². The third kappa shape index (κ3) is 3.36. The first-order valence-corrected chi connectivity index (χ1v) is 6.38. The van der Waals surface area contributed by atoms with Crippen molar-refractivity contribution < 1.29 is 13.2 Å². The highest BCUT2D eigenvalue weighted by atomic mass is 19.2. The zero-order chi connectivity index (χ0) is 14.5. The molecule has 0 amide bonds. The van der Waals surface area contributed by atoms with Crippen molar-refractivity contribution in [3.8, 4) is 0 Å². The average molecular weight is 280 g/mol. The number of rotatable bonds is 5. The summed E-state index contributed by atoms with van der Waals surface area (Å²) in [6.07, 6.45) is 2.54. The van der Waals surface area contributed by atoms with Gasteiger partial charge < -0.3 is 5.32 Å². The Balaban J connectivity index is 2.01. The van der Waals surface area contributed by atoms with E-state index in [-0.39, 0.29) is 12.1 Å². The van der Waals surface area contributed by atoms with Crippen molar-refractivity contribution in [2.24, 2.45) is 0 Å². The van der Waals surface area contributed by atoms with E-state index in [4.69, 9.17) is 0 Å². The molecule has 0 saturated carbocycles. The van der Waals surface area contributed by atoms with Gasteiger partial charge in [-0.15, -0.1) is 0 Å². The molecule has 5 heteroatoms. The number of benzene rings is 1. The molecule has 0 radical (unpaired) electrons. The summed E-state index contributed by atoms with van der Waals surface area (Å²) < 4.78 is 39.3. The lowest BCUT2D eigenvalue weighted by Gasteiger charge is -2.09. The first-order valence-electron chi connectivity index (χ1n) is 6.38. The van der Waals surface area contributed by atoms with Gasteiger partial charge in [-0.05, 0) is 24.1 Å². The number of pyridine rings is 1. The molecule has 1 heterocycles. The quantitative estimate of drug-likeness (QED) is 0.850. The average Bonchev–Trinajstić information content (AvgIpc) is 2.45. The molecular formula is C15H15F3N2. The van der Waals surface area contributed by atoms with Gasteiger partial charge in [0, 0.05) is 30.9 Å². The molecule has 2 rings (SSSR count). The first kappa shape index (κ1) is 14.5. The van der Waals surface area contributed by atoms with Gasteiger partial charge >= 0.3 is 0 Å². The molecule has 0 unspecified atom stereocenters. The summed E-state index contributed by atoms with van der Waals surface area (Å²) >= 11 is 0. The van der Waals surface area contributed by atoms with Crippen LogP contribution in [0.2, 0.25) is 0 Å². The second-order valence-corrected chi connectivity index (χ2v) is 4.42. The van der Waals surface area contributed by atoms with Crippen molar-refractivity contribution >= 4 is 0 Å². The van der Waals surface area contributed by atoms with Crippen LogP contribution < -0.4 is 5.32 Å². The summed E-state index contributed by atoms with van der Waals surface area (Å²) in [5.41, 5.74) is 2.07. The number of nitrogens with one attached hydrogen (secondary N) is 1. The van der Waals surface area contributed by atoms with Gasteiger partial charge in [0.05, 0.1) is 5.69 Å². The first-order chi connectivity index (χ1) is 9.61. The zero-order valence-corrected chi connectivity index (χ0v) is 11.1. The van der Waals surface area contributed by atoms with E-state index in [9.17, 15) is 13.2 Å². The Morgan fingerprint density at radius 3 is 2.50 bits per heavy atom. The minimum Gasteiger partial charge on any atom is -0.307 e. The largest absolute Gasteiger partial charge is 0.307 e. The van der Waals surface area contributed by atoms with Crippen molar-refractivity contribution in [1.82, 2.24) is 10.3 Å². The van der Waals surface area contributed by atoms with Crippen molar-refractivity contribution in [1.29, 1.82) is 0 Å². The summed E-state index contributed by atoms with van der Waals surface area (Å²) in [6.45, 7) is 2.58. The van der Waals surface area contributed by atoms with Gasteiger partial charge in [-0.1, -0.05) is 13.0 Å². The maximum atomic E-state index is 13.4. The van der Waals surface area contributed by atoms with Crippen LogP contribution in [0.4, 0.5) is 13.2 Å². The molecule has 0 fully saturated rings. The normalized spacial score (nSPS) is 10.8. The minimum absolute atomic E-state index is 0.0953. The third-order valence-corrected chi connectivity index (χ3v) is 3.06. The Morgan fingerprint density at radius 2 is 1.75 bits per heavy atom. The topological polar surface area (TPSA) is 24.9 Å². The fourth-order valence-corrected chi connectivity index (χ4v) is 1.97. The molecule has 0 atom stereocenters. The SMILES string of the molecule is CCc1cccnc1CNCc1cc(F)c(F)cc1F. The molecule has 2 nitrogen and oxygen atoms in total. The lowest BCUT2D eigenvalue weighted by molar-refractivity contribution is 0.486. The van der Waals surface area contributed by atoms with E-state index in [0.29, 0.717) is 12.6 Å². The molecule has 106 valence electrons. The maximum Gasteiger partial charge on any atom is 0.161 e. The number of aryl methyl sites for hydroxylation is 1. The second-order valence-electron chi connectivity index (χ2n) is 4.42. The van der Waals surface area contributed by atoms with Crippen LogP contribution in [-0.2, 0) is 19.5 Å². The molecule has 0 aliphatic heterocycles. The molecule has 0 aliphatic carbocycles. The molecule has 1 aromatic heterocycles. The number of hydrogen-bond donors (Lipinski definition) is 1. The monoisotopic (exact) mass is 280 g/mol. The number of nitrogens with zero attached hydrogens (tertiary/aromatic N) is 1. The Hall–Kier alpha value is -1.88.